The van der Waals surface area contributed by atoms with E-state index in [0.717, 1.165) is 0 Å². The number of thiazole rings is 1. The molecule has 2 rings (SSSR count). The van der Waals surface area contributed by atoms with E-state index in [1.165, 1.54) is 24.5 Å². The Kier molecular flexibility index (Phi) is 6.08. The fourth-order valence-electron chi connectivity index (χ4n) is 2.14. The van der Waals surface area contributed by atoms with Gasteiger partial charge in [-0.2, -0.15) is 0 Å². The highest BCUT2D eigenvalue weighted by atomic mass is 35.5. The molecule has 0 unspecified atom stereocenters. The Morgan fingerprint density at radius 3 is 2.52 bits per heavy atom. The van der Waals surface area contributed by atoms with Gasteiger partial charge in [0.15, 0.2) is 5.69 Å². The molecule has 0 saturated heterocycles. The SMILES string of the molecule is COC(=O)c1csc(CN(C(=O)c2ccc(Cl)cc2Cl)C(C)(C)C)n1. The van der Waals surface area contributed by atoms with Crippen LogP contribution in [0.5, 0.6) is 0 Å². The highest BCUT2D eigenvalue weighted by molar-refractivity contribution is 7.09. The van der Waals surface area contributed by atoms with Crippen LogP contribution in [0.4, 0.5) is 0 Å². The Morgan fingerprint density at radius 1 is 1.28 bits per heavy atom. The zero-order chi connectivity index (χ0) is 18.8. The van der Waals surface area contributed by atoms with Crippen molar-refractivity contribution in [3.63, 3.8) is 0 Å². The second-order valence-corrected chi connectivity index (χ2v) is 8.09. The summed E-state index contributed by atoms with van der Waals surface area (Å²) in [6.45, 7) is 6.01. The first-order valence-corrected chi connectivity index (χ1v) is 9.06. The lowest BCUT2D eigenvalue weighted by molar-refractivity contribution is 0.0559. The standard InChI is InChI=1S/C17H18Cl2N2O3S/c1-17(2,3)21(8-14-20-13(9-25-14)16(23)24-4)15(22)11-6-5-10(18)7-12(11)19/h5-7,9H,8H2,1-4H3. The van der Waals surface area contributed by atoms with Crippen molar-refractivity contribution in [2.45, 2.75) is 32.9 Å². The molecule has 0 aliphatic carbocycles. The number of methoxy groups -OCH3 is 1. The van der Waals surface area contributed by atoms with Crippen LogP contribution in [0, 0.1) is 0 Å². The maximum absolute atomic E-state index is 13.0. The third-order valence-electron chi connectivity index (χ3n) is 3.46. The summed E-state index contributed by atoms with van der Waals surface area (Å²) in [6.07, 6.45) is 0. The van der Waals surface area contributed by atoms with Gasteiger partial charge in [-0.15, -0.1) is 11.3 Å². The Morgan fingerprint density at radius 2 is 1.96 bits per heavy atom. The van der Waals surface area contributed by atoms with E-state index in [9.17, 15) is 9.59 Å². The second kappa shape index (κ2) is 7.72. The number of aromatic nitrogens is 1. The van der Waals surface area contributed by atoms with E-state index in [4.69, 9.17) is 23.2 Å². The Labute approximate surface area is 160 Å². The smallest absolute Gasteiger partial charge is 0.357 e. The third-order valence-corrected chi connectivity index (χ3v) is 4.84. The summed E-state index contributed by atoms with van der Waals surface area (Å²) in [4.78, 5) is 30.5. The Balaban J connectivity index is 2.32. The Bertz CT molecular complexity index is 799. The van der Waals surface area contributed by atoms with E-state index in [0.29, 0.717) is 20.6 Å². The summed E-state index contributed by atoms with van der Waals surface area (Å²) in [5, 5.41) is 3.00. The molecule has 1 amide bonds. The molecule has 1 aromatic heterocycles. The molecule has 0 atom stereocenters. The van der Waals surface area contributed by atoms with Gasteiger partial charge in [-0.1, -0.05) is 23.2 Å². The molecule has 25 heavy (non-hydrogen) atoms. The number of hydrogen-bond acceptors (Lipinski definition) is 5. The first kappa shape index (κ1) is 19.7. The van der Waals surface area contributed by atoms with Crippen LogP contribution in [0.1, 0.15) is 46.6 Å². The molecule has 0 radical (unpaired) electrons. The van der Waals surface area contributed by atoms with Gasteiger partial charge in [0.05, 0.1) is 24.2 Å². The number of benzene rings is 1. The van der Waals surface area contributed by atoms with Crippen LogP contribution in [-0.4, -0.2) is 34.4 Å². The van der Waals surface area contributed by atoms with E-state index >= 15 is 0 Å². The van der Waals surface area contributed by atoms with Crippen molar-refractivity contribution in [1.29, 1.82) is 0 Å². The monoisotopic (exact) mass is 400 g/mol. The van der Waals surface area contributed by atoms with Crippen LogP contribution in [0.2, 0.25) is 10.0 Å². The molecule has 1 heterocycles. The minimum atomic E-state index is -0.503. The molecule has 0 N–H and O–H groups in total. The molecule has 2 aromatic rings. The van der Waals surface area contributed by atoms with Crippen LogP contribution in [0.3, 0.4) is 0 Å². The number of halogens is 2. The predicted molar refractivity (Wildman–Crippen MR) is 99.5 cm³/mol. The summed E-state index contributed by atoms with van der Waals surface area (Å²) in [6, 6.07) is 4.77. The molecule has 0 fully saturated rings. The van der Waals surface area contributed by atoms with Crippen LogP contribution in [-0.2, 0) is 11.3 Å². The molecule has 0 aliphatic rings. The van der Waals surface area contributed by atoms with Gasteiger partial charge in [-0.25, -0.2) is 9.78 Å². The van der Waals surface area contributed by atoms with Gasteiger partial charge in [0, 0.05) is 15.9 Å². The number of hydrogen-bond donors (Lipinski definition) is 0. The normalized spacial score (nSPS) is 11.3. The zero-order valence-electron chi connectivity index (χ0n) is 14.3. The van der Waals surface area contributed by atoms with Crippen molar-refractivity contribution >= 4 is 46.4 Å². The Hall–Kier alpha value is -1.63. The third kappa shape index (κ3) is 4.71. The van der Waals surface area contributed by atoms with Gasteiger partial charge in [-0.05, 0) is 39.0 Å². The zero-order valence-corrected chi connectivity index (χ0v) is 16.6. The molecule has 0 saturated carbocycles. The summed E-state index contributed by atoms with van der Waals surface area (Å²) < 4.78 is 4.66. The van der Waals surface area contributed by atoms with Crippen molar-refractivity contribution in [2.24, 2.45) is 0 Å². The van der Waals surface area contributed by atoms with Crippen LogP contribution < -0.4 is 0 Å². The quantitative estimate of drug-likeness (QED) is 0.699. The average Bonchev–Trinajstić information content (AvgIpc) is 2.99. The molecule has 0 bridgehead atoms. The molecule has 8 heteroatoms. The molecular weight excluding hydrogens is 383 g/mol. The van der Waals surface area contributed by atoms with Crippen molar-refractivity contribution < 1.29 is 14.3 Å². The van der Waals surface area contributed by atoms with Gasteiger partial charge < -0.3 is 9.64 Å². The molecule has 0 spiro atoms. The maximum Gasteiger partial charge on any atom is 0.357 e. The summed E-state index contributed by atoms with van der Waals surface area (Å²) in [7, 11) is 1.30. The molecule has 1 aromatic carbocycles. The lowest BCUT2D eigenvalue weighted by atomic mass is 10.0. The molecular formula is C17H18Cl2N2O3S. The van der Waals surface area contributed by atoms with E-state index in [2.05, 4.69) is 9.72 Å². The van der Waals surface area contributed by atoms with Gasteiger partial charge in [-0.3, -0.25) is 4.79 Å². The van der Waals surface area contributed by atoms with Crippen LogP contribution >= 0.6 is 34.5 Å². The summed E-state index contributed by atoms with van der Waals surface area (Å²) >= 11 is 13.4. The minimum absolute atomic E-state index is 0.230. The summed E-state index contributed by atoms with van der Waals surface area (Å²) in [5.74, 6) is -0.735. The largest absolute Gasteiger partial charge is 0.464 e. The van der Waals surface area contributed by atoms with Crippen LogP contribution in [0.25, 0.3) is 0 Å². The van der Waals surface area contributed by atoms with Crippen molar-refractivity contribution in [1.82, 2.24) is 9.88 Å². The average molecular weight is 401 g/mol. The molecule has 0 aliphatic heterocycles. The number of carbonyl (C=O) groups excluding carboxylic acids is 2. The van der Waals surface area contributed by atoms with Gasteiger partial charge >= 0.3 is 5.97 Å². The fourth-order valence-corrected chi connectivity index (χ4v) is 3.38. The fraction of sp³-hybridized carbons (Fsp3) is 0.353. The lowest BCUT2D eigenvalue weighted by Gasteiger charge is -2.35. The highest BCUT2D eigenvalue weighted by Gasteiger charge is 2.30. The van der Waals surface area contributed by atoms with Crippen molar-refractivity contribution in [2.75, 3.05) is 7.11 Å². The lowest BCUT2D eigenvalue weighted by Crippen LogP contribution is -2.45. The predicted octanol–water partition coefficient (Wildman–Crippen LogP) is 4.68. The number of amides is 1. The maximum atomic E-state index is 13.0. The van der Waals surface area contributed by atoms with Crippen LogP contribution in [0.15, 0.2) is 23.6 Å². The van der Waals surface area contributed by atoms with Crippen molar-refractivity contribution in [3.8, 4) is 0 Å². The van der Waals surface area contributed by atoms with Gasteiger partial charge in [0.1, 0.15) is 5.01 Å². The van der Waals surface area contributed by atoms with Crippen molar-refractivity contribution in [3.05, 3.63) is 49.9 Å². The molecule has 134 valence electrons. The minimum Gasteiger partial charge on any atom is -0.464 e. The number of ether oxygens (including phenoxy) is 1. The highest BCUT2D eigenvalue weighted by Crippen LogP contribution is 2.27. The van der Waals surface area contributed by atoms with E-state index < -0.39 is 11.5 Å². The number of nitrogens with zero attached hydrogens (tertiary/aromatic N) is 2. The van der Waals surface area contributed by atoms with E-state index in [1.807, 2.05) is 20.8 Å². The van der Waals surface area contributed by atoms with E-state index in [-0.39, 0.29) is 18.1 Å². The number of carbonyl (C=O) groups is 2. The topological polar surface area (TPSA) is 59.5 Å². The summed E-state index contributed by atoms with van der Waals surface area (Å²) in [5.41, 5.74) is 0.121. The van der Waals surface area contributed by atoms with Gasteiger partial charge in [0.25, 0.3) is 5.91 Å². The first-order chi connectivity index (χ1) is 11.6. The first-order valence-electron chi connectivity index (χ1n) is 7.43. The number of esters is 1. The van der Waals surface area contributed by atoms with Gasteiger partial charge in [0.2, 0.25) is 0 Å². The number of rotatable bonds is 4. The molecule has 5 nitrogen and oxygen atoms in total. The second-order valence-electron chi connectivity index (χ2n) is 6.30. The van der Waals surface area contributed by atoms with E-state index in [1.54, 1.807) is 22.4 Å².